The van der Waals surface area contributed by atoms with Gasteiger partial charge in [0.15, 0.2) is 5.75 Å². The van der Waals surface area contributed by atoms with Crippen molar-refractivity contribution < 1.29 is 13.9 Å². The van der Waals surface area contributed by atoms with Crippen molar-refractivity contribution in [3.63, 3.8) is 0 Å². The van der Waals surface area contributed by atoms with E-state index in [4.69, 9.17) is 15.2 Å². The Bertz CT molecular complexity index is 570. The normalized spacial score (nSPS) is 10.2. The van der Waals surface area contributed by atoms with E-state index in [2.05, 4.69) is 0 Å². The van der Waals surface area contributed by atoms with Crippen LogP contribution in [0.3, 0.4) is 0 Å². The monoisotopic (exact) mass is 247 g/mol. The Morgan fingerprint density at radius 3 is 2.44 bits per heavy atom. The second-order valence-electron chi connectivity index (χ2n) is 3.88. The predicted octanol–water partition coefficient (Wildman–Crippen LogP) is 3.52. The Morgan fingerprint density at radius 1 is 1.06 bits per heavy atom. The number of benzene rings is 2. The van der Waals surface area contributed by atoms with Crippen LogP contribution >= 0.6 is 0 Å². The van der Waals surface area contributed by atoms with Gasteiger partial charge in [-0.05, 0) is 42.8 Å². The molecule has 4 heteroatoms. The van der Waals surface area contributed by atoms with Crippen LogP contribution in [0, 0.1) is 12.7 Å². The summed E-state index contributed by atoms with van der Waals surface area (Å²) in [5, 5.41) is 0. The number of hydrogen-bond donors (Lipinski definition) is 1. The van der Waals surface area contributed by atoms with Crippen LogP contribution in [-0.2, 0) is 0 Å². The van der Waals surface area contributed by atoms with Gasteiger partial charge in [-0.15, -0.1) is 0 Å². The molecule has 94 valence electrons. The van der Waals surface area contributed by atoms with E-state index in [1.54, 1.807) is 38.3 Å². The summed E-state index contributed by atoms with van der Waals surface area (Å²) < 4.78 is 23.8. The fourth-order valence-corrected chi connectivity index (χ4v) is 1.64. The van der Waals surface area contributed by atoms with E-state index in [9.17, 15) is 4.39 Å². The van der Waals surface area contributed by atoms with Crippen LogP contribution in [0.2, 0.25) is 0 Å². The molecule has 2 rings (SSSR count). The van der Waals surface area contributed by atoms with Gasteiger partial charge in [0, 0.05) is 0 Å². The van der Waals surface area contributed by atoms with E-state index >= 15 is 0 Å². The third kappa shape index (κ3) is 2.37. The standard InChI is InChI=1S/C14H14FNO2/c1-9-8-10(15)6-7-11(9)18-13-5-3-4-12(17-2)14(13)16/h3-8H,16H2,1-2H3. The molecule has 0 amide bonds. The highest BCUT2D eigenvalue weighted by atomic mass is 19.1. The smallest absolute Gasteiger partial charge is 0.154 e. The molecule has 0 bridgehead atoms. The Kier molecular flexibility index (Phi) is 3.37. The zero-order valence-electron chi connectivity index (χ0n) is 10.2. The van der Waals surface area contributed by atoms with Crippen LogP contribution in [0.25, 0.3) is 0 Å². The number of nitrogen functional groups attached to an aromatic ring is 1. The van der Waals surface area contributed by atoms with Gasteiger partial charge in [-0.2, -0.15) is 0 Å². The Morgan fingerprint density at radius 2 is 1.78 bits per heavy atom. The summed E-state index contributed by atoms with van der Waals surface area (Å²) in [5.74, 6) is 1.31. The lowest BCUT2D eigenvalue weighted by atomic mass is 10.2. The average Bonchev–Trinajstić information content (AvgIpc) is 2.35. The largest absolute Gasteiger partial charge is 0.494 e. The molecule has 0 aliphatic heterocycles. The fraction of sp³-hybridized carbons (Fsp3) is 0.143. The van der Waals surface area contributed by atoms with E-state index in [1.165, 1.54) is 12.1 Å². The van der Waals surface area contributed by atoms with Crippen molar-refractivity contribution >= 4 is 5.69 Å². The van der Waals surface area contributed by atoms with Gasteiger partial charge >= 0.3 is 0 Å². The van der Waals surface area contributed by atoms with Crippen molar-refractivity contribution in [3.8, 4) is 17.2 Å². The Labute approximate surface area is 105 Å². The quantitative estimate of drug-likeness (QED) is 0.844. The Hall–Kier alpha value is -2.23. The van der Waals surface area contributed by atoms with Gasteiger partial charge in [-0.3, -0.25) is 0 Å². The number of methoxy groups -OCH3 is 1. The van der Waals surface area contributed by atoms with E-state index < -0.39 is 0 Å². The molecule has 0 aliphatic rings. The van der Waals surface area contributed by atoms with Crippen molar-refractivity contribution in [2.75, 3.05) is 12.8 Å². The summed E-state index contributed by atoms with van der Waals surface area (Å²) in [6.45, 7) is 1.77. The topological polar surface area (TPSA) is 44.5 Å². The summed E-state index contributed by atoms with van der Waals surface area (Å²) >= 11 is 0. The highest BCUT2D eigenvalue weighted by molar-refractivity contribution is 5.63. The van der Waals surface area contributed by atoms with E-state index in [0.717, 1.165) is 0 Å². The van der Waals surface area contributed by atoms with Gasteiger partial charge in [0.05, 0.1) is 7.11 Å². The first-order chi connectivity index (χ1) is 8.61. The maximum absolute atomic E-state index is 13.0. The minimum atomic E-state index is -0.293. The molecule has 3 nitrogen and oxygen atoms in total. The van der Waals surface area contributed by atoms with Gasteiger partial charge < -0.3 is 15.2 Å². The van der Waals surface area contributed by atoms with Crippen molar-refractivity contribution in [3.05, 3.63) is 47.8 Å². The molecule has 2 aromatic carbocycles. The number of halogens is 1. The van der Waals surface area contributed by atoms with Crippen molar-refractivity contribution in [1.29, 1.82) is 0 Å². The third-order valence-corrected chi connectivity index (χ3v) is 2.60. The van der Waals surface area contributed by atoms with Crippen LogP contribution in [0.4, 0.5) is 10.1 Å². The minimum absolute atomic E-state index is 0.293. The molecular formula is C14H14FNO2. The molecule has 18 heavy (non-hydrogen) atoms. The second kappa shape index (κ2) is 4.96. The summed E-state index contributed by atoms with van der Waals surface area (Å²) in [7, 11) is 1.54. The van der Waals surface area contributed by atoms with Gasteiger partial charge in [0.1, 0.15) is 23.0 Å². The lowest BCUT2D eigenvalue weighted by Crippen LogP contribution is -1.97. The average molecular weight is 247 g/mol. The first-order valence-corrected chi connectivity index (χ1v) is 5.48. The fourth-order valence-electron chi connectivity index (χ4n) is 1.64. The molecule has 0 saturated heterocycles. The van der Waals surface area contributed by atoms with Crippen molar-refractivity contribution in [1.82, 2.24) is 0 Å². The maximum Gasteiger partial charge on any atom is 0.154 e. The van der Waals surface area contributed by atoms with E-state index in [0.29, 0.717) is 28.5 Å². The Balaban J connectivity index is 2.34. The van der Waals surface area contributed by atoms with Crippen LogP contribution in [0.15, 0.2) is 36.4 Å². The first kappa shape index (κ1) is 12.2. The SMILES string of the molecule is COc1cccc(Oc2ccc(F)cc2C)c1N. The minimum Gasteiger partial charge on any atom is -0.494 e. The summed E-state index contributed by atoms with van der Waals surface area (Å²) in [6, 6.07) is 9.59. The van der Waals surface area contributed by atoms with Gasteiger partial charge in [-0.25, -0.2) is 4.39 Å². The number of rotatable bonds is 3. The third-order valence-electron chi connectivity index (χ3n) is 2.60. The van der Waals surface area contributed by atoms with Crippen molar-refractivity contribution in [2.45, 2.75) is 6.92 Å². The molecule has 0 heterocycles. The lowest BCUT2D eigenvalue weighted by Gasteiger charge is -2.12. The van der Waals surface area contributed by atoms with Crippen molar-refractivity contribution in [2.24, 2.45) is 0 Å². The second-order valence-corrected chi connectivity index (χ2v) is 3.88. The molecule has 0 aliphatic carbocycles. The van der Waals surface area contributed by atoms with Gasteiger partial charge in [-0.1, -0.05) is 6.07 Å². The first-order valence-electron chi connectivity index (χ1n) is 5.48. The number of aryl methyl sites for hydroxylation is 1. The molecule has 2 aromatic rings. The molecule has 0 unspecified atom stereocenters. The molecule has 0 fully saturated rings. The molecule has 0 atom stereocenters. The highest BCUT2D eigenvalue weighted by Crippen LogP contribution is 2.35. The van der Waals surface area contributed by atoms with Crippen LogP contribution in [0.1, 0.15) is 5.56 Å². The van der Waals surface area contributed by atoms with Gasteiger partial charge in [0.25, 0.3) is 0 Å². The highest BCUT2D eigenvalue weighted by Gasteiger charge is 2.09. The van der Waals surface area contributed by atoms with E-state index in [1.807, 2.05) is 0 Å². The van der Waals surface area contributed by atoms with Gasteiger partial charge in [0.2, 0.25) is 0 Å². The number of anilines is 1. The number of hydrogen-bond acceptors (Lipinski definition) is 3. The molecular weight excluding hydrogens is 233 g/mol. The zero-order valence-corrected chi connectivity index (χ0v) is 10.2. The van der Waals surface area contributed by atoms with Crippen LogP contribution in [0.5, 0.6) is 17.2 Å². The lowest BCUT2D eigenvalue weighted by molar-refractivity contribution is 0.412. The molecule has 0 spiro atoms. The molecule has 0 saturated carbocycles. The summed E-state index contributed by atoms with van der Waals surface area (Å²) in [6.07, 6.45) is 0. The number of nitrogens with two attached hydrogens (primary N) is 1. The number of ether oxygens (including phenoxy) is 2. The maximum atomic E-state index is 13.0. The van der Waals surface area contributed by atoms with Crippen LogP contribution < -0.4 is 15.2 Å². The molecule has 0 radical (unpaired) electrons. The molecule has 0 aromatic heterocycles. The predicted molar refractivity (Wildman–Crippen MR) is 68.6 cm³/mol. The summed E-state index contributed by atoms with van der Waals surface area (Å²) in [5.41, 5.74) is 7.02. The van der Waals surface area contributed by atoms with E-state index in [-0.39, 0.29) is 5.82 Å². The van der Waals surface area contributed by atoms with Crippen LogP contribution in [-0.4, -0.2) is 7.11 Å². The molecule has 2 N–H and O–H groups in total. The zero-order chi connectivity index (χ0) is 13.1. The number of para-hydroxylation sites is 1. The summed E-state index contributed by atoms with van der Waals surface area (Å²) in [4.78, 5) is 0.